The van der Waals surface area contributed by atoms with Crippen molar-refractivity contribution in [2.45, 2.75) is 0 Å². The molecule has 0 atom stereocenters. The van der Waals surface area contributed by atoms with Crippen molar-refractivity contribution in [3.63, 3.8) is 0 Å². The summed E-state index contributed by atoms with van der Waals surface area (Å²) in [6.45, 7) is 0. The van der Waals surface area contributed by atoms with Gasteiger partial charge in [-0.2, -0.15) is 0 Å². The van der Waals surface area contributed by atoms with Gasteiger partial charge in [0.15, 0.2) is 5.01 Å². The number of thiophene rings is 1. The summed E-state index contributed by atoms with van der Waals surface area (Å²) >= 11 is 6.35. The van der Waals surface area contributed by atoms with Crippen molar-refractivity contribution in [1.29, 1.82) is 0 Å². The Morgan fingerprint density at radius 3 is 2.55 bits per heavy atom. The predicted octanol–water partition coefficient (Wildman–Crippen LogP) is 4.28. The zero-order valence-corrected chi connectivity index (χ0v) is 13.3. The van der Waals surface area contributed by atoms with Crippen LogP contribution in [0.3, 0.4) is 0 Å². The van der Waals surface area contributed by atoms with Crippen molar-refractivity contribution in [1.82, 2.24) is 10.2 Å². The molecule has 4 nitrogen and oxygen atoms in total. The van der Waals surface area contributed by atoms with Crippen molar-refractivity contribution < 1.29 is 4.79 Å². The van der Waals surface area contributed by atoms with Gasteiger partial charge in [-0.15, -0.1) is 21.5 Å². The Bertz CT molecular complexity index is 739. The maximum atomic E-state index is 12.0. The summed E-state index contributed by atoms with van der Waals surface area (Å²) in [5.74, 6) is -0.180. The number of benzene rings is 1. The highest BCUT2D eigenvalue weighted by Crippen LogP contribution is 2.34. The van der Waals surface area contributed by atoms with Crippen LogP contribution < -0.4 is 5.32 Å². The Morgan fingerprint density at radius 2 is 1.85 bits per heavy atom. The normalized spacial score (nSPS) is 10.4. The van der Waals surface area contributed by atoms with Crippen LogP contribution in [0.2, 0.25) is 0 Å². The van der Waals surface area contributed by atoms with Gasteiger partial charge < -0.3 is 0 Å². The van der Waals surface area contributed by atoms with Crippen molar-refractivity contribution in [2.24, 2.45) is 0 Å². The van der Waals surface area contributed by atoms with Crippen molar-refractivity contribution in [3.8, 4) is 9.88 Å². The van der Waals surface area contributed by atoms with Gasteiger partial charge in [-0.25, -0.2) is 0 Å². The van der Waals surface area contributed by atoms with Gasteiger partial charge in [0.25, 0.3) is 5.91 Å². The summed E-state index contributed by atoms with van der Waals surface area (Å²) in [5, 5.41) is 12.1. The largest absolute Gasteiger partial charge is 0.296 e. The number of aromatic nitrogens is 2. The molecule has 1 amide bonds. The van der Waals surface area contributed by atoms with Gasteiger partial charge in [0, 0.05) is 5.56 Å². The number of hydrogen-bond acceptors (Lipinski definition) is 5. The summed E-state index contributed by atoms with van der Waals surface area (Å²) in [7, 11) is 0. The number of carbonyl (C=O) groups excluding carboxylic acids is 1. The van der Waals surface area contributed by atoms with Gasteiger partial charge in [-0.1, -0.05) is 29.5 Å². The lowest BCUT2D eigenvalue weighted by Crippen LogP contribution is -2.11. The first-order valence-electron chi connectivity index (χ1n) is 5.68. The monoisotopic (exact) mass is 365 g/mol. The van der Waals surface area contributed by atoms with Crippen LogP contribution >= 0.6 is 38.6 Å². The first-order chi connectivity index (χ1) is 9.72. The van der Waals surface area contributed by atoms with Gasteiger partial charge in [0.1, 0.15) is 0 Å². The Hall–Kier alpha value is -1.57. The number of rotatable bonds is 3. The van der Waals surface area contributed by atoms with Crippen LogP contribution in [0, 0.1) is 0 Å². The van der Waals surface area contributed by atoms with E-state index < -0.39 is 0 Å². The fourth-order valence-corrected chi connectivity index (χ4v) is 3.74. The highest BCUT2D eigenvalue weighted by Gasteiger charge is 2.12. The number of amides is 1. The van der Waals surface area contributed by atoms with Crippen molar-refractivity contribution in [2.75, 3.05) is 5.32 Å². The Labute approximate surface area is 131 Å². The van der Waals surface area contributed by atoms with Gasteiger partial charge in [-0.05, 0) is 40.2 Å². The lowest BCUT2D eigenvalue weighted by atomic mass is 10.2. The van der Waals surface area contributed by atoms with Gasteiger partial charge in [0.05, 0.1) is 8.66 Å². The zero-order valence-electron chi connectivity index (χ0n) is 10.0. The highest BCUT2D eigenvalue weighted by molar-refractivity contribution is 9.11. The molecule has 0 aliphatic rings. The van der Waals surface area contributed by atoms with E-state index in [0.29, 0.717) is 10.7 Å². The van der Waals surface area contributed by atoms with E-state index in [1.54, 1.807) is 23.5 Å². The average Bonchev–Trinajstić information content (AvgIpc) is 3.09. The van der Waals surface area contributed by atoms with Crippen LogP contribution in [-0.4, -0.2) is 16.1 Å². The number of carbonyl (C=O) groups is 1. The number of nitrogens with zero attached hydrogens (tertiary/aromatic N) is 2. The molecule has 0 aliphatic carbocycles. The van der Waals surface area contributed by atoms with E-state index in [9.17, 15) is 4.79 Å². The molecule has 0 unspecified atom stereocenters. The zero-order chi connectivity index (χ0) is 13.9. The molecule has 1 aromatic carbocycles. The van der Waals surface area contributed by atoms with E-state index >= 15 is 0 Å². The quantitative estimate of drug-likeness (QED) is 0.753. The topological polar surface area (TPSA) is 54.9 Å². The molecule has 0 aliphatic heterocycles. The van der Waals surface area contributed by atoms with Crippen LogP contribution in [0.25, 0.3) is 9.88 Å². The Balaban J connectivity index is 1.76. The molecule has 0 radical (unpaired) electrons. The van der Waals surface area contributed by atoms with E-state index in [1.165, 1.54) is 11.3 Å². The molecule has 0 spiro atoms. The SMILES string of the molecule is O=C(Nc1nnc(-c2ccc(Br)s2)s1)c1ccccc1. The molecule has 2 aromatic heterocycles. The minimum Gasteiger partial charge on any atom is -0.296 e. The van der Waals surface area contributed by atoms with Gasteiger partial charge in [-0.3, -0.25) is 10.1 Å². The molecule has 20 heavy (non-hydrogen) atoms. The van der Waals surface area contributed by atoms with E-state index in [4.69, 9.17) is 0 Å². The smallest absolute Gasteiger partial charge is 0.257 e. The molecule has 0 saturated carbocycles. The number of anilines is 1. The van der Waals surface area contributed by atoms with E-state index in [2.05, 4.69) is 31.4 Å². The first-order valence-corrected chi connectivity index (χ1v) is 8.10. The lowest BCUT2D eigenvalue weighted by molar-refractivity contribution is 0.102. The molecule has 3 rings (SSSR count). The van der Waals surface area contributed by atoms with Crippen LogP contribution in [0.1, 0.15) is 10.4 Å². The van der Waals surface area contributed by atoms with E-state index in [1.807, 2.05) is 30.3 Å². The third-order valence-electron chi connectivity index (χ3n) is 2.47. The Kier molecular flexibility index (Phi) is 3.90. The molecule has 3 aromatic rings. The fraction of sp³-hybridized carbons (Fsp3) is 0. The molecule has 1 N–H and O–H groups in total. The van der Waals surface area contributed by atoms with Crippen LogP contribution in [-0.2, 0) is 0 Å². The minimum absolute atomic E-state index is 0.180. The van der Waals surface area contributed by atoms with Gasteiger partial charge >= 0.3 is 0 Å². The molecule has 7 heteroatoms. The predicted molar refractivity (Wildman–Crippen MR) is 85.3 cm³/mol. The fourth-order valence-electron chi connectivity index (χ4n) is 1.56. The molecule has 0 fully saturated rings. The van der Waals surface area contributed by atoms with Crippen LogP contribution in [0.15, 0.2) is 46.3 Å². The first kappa shape index (κ1) is 13.4. The highest BCUT2D eigenvalue weighted by atomic mass is 79.9. The van der Waals surface area contributed by atoms with Crippen molar-refractivity contribution in [3.05, 3.63) is 51.8 Å². The van der Waals surface area contributed by atoms with Gasteiger partial charge in [0.2, 0.25) is 5.13 Å². The molecule has 0 saturated heterocycles. The second kappa shape index (κ2) is 5.82. The standard InChI is InChI=1S/C13H8BrN3OS2/c14-10-7-6-9(19-10)12-16-17-13(20-12)15-11(18)8-4-2-1-3-5-8/h1-7H,(H,15,17,18). The molecule has 100 valence electrons. The second-order valence-corrected chi connectivity index (χ2v) is 7.28. The number of nitrogens with one attached hydrogen (secondary N) is 1. The average molecular weight is 366 g/mol. The molecule has 2 heterocycles. The summed E-state index contributed by atoms with van der Waals surface area (Å²) in [6, 6.07) is 13.0. The maximum absolute atomic E-state index is 12.0. The van der Waals surface area contributed by atoms with E-state index in [0.717, 1.165) is 13.7 Å². The van der Waals surface area contributed by atoms with E-state index in [-0.39, 0.29) is 5.91 Å². The van der Waals surface area contributed by atoms with Crippen molar-refractivity contribution >= 4 is 49.6 Å². The molecular weight excluding hydrogens is 358 g/mol. The minimum atomic E-state index is -0.180. The third kappa shape index (κ3) is 2.95. The number of halogens is 1. The summed E-state index contributed by atoms with van der Waals surface area (Å²) in [6.07, 6.45) is 0. The maximum Gasteiger partial charge on any atom is 0.257 e. The number of hydrogen-bond donors (Lipinski definition) is 1. The lowest BCUT2D eigenvalue weighted by Gasteiger charge is -1.99. The van der Waals surface area contributed by atoms with Crippen LogP contribution in [0.4, 0.5) is 5.13 Å². The third-order valence-corrected chi connectivity index (χ3v) is 5.10. The Morgan fingerprint density at radius 1 is 1.05 bits per heavy atom. The summed E-state index contributed by atoms with van der Waals surface area (Å²) < 4.78 is 1.04. The molecular formula is C13H8BrN3OS2. The summed E-state index contributed by atoms with van der Waals surface area (Å²) in [4.78, 5) is 13.0. The second-order valence-electron chi connectivity index (χ2n) is 3.84. The van der Waals surface area contributed by atoms with Crippen LogP contribution in [0.5, 0.6) is 0 Å². The molecule has 0 bridgehead atoms. The summed E-state index contributed by atoms with van der Waals surface area (Å²) in [5.41, 5.74) is 0.600.